The summed E-state index contributed by atoms with van der Waals surface area (Å²) in [4.78, 5) is 14.8. The first-order chi connectivity index (χ1) is 11.6. The maximum absolute atomic E-state index is 12.5. The van der Waals surface area contributed by atoms with E-state index in [0.29, 0.717) is 6.54 Å². The molecule has 24 heavy (non-hydrogen) atoms. The smallest absolute Gasteiger partial charge is 0.252 e. The molecular formula is C19H25N2O2S+. The average Bonchev–Trinajstić information content (AvgIpc) is 2.61. The van der Waals surface area contributed by atoms with Gasteiger partial charge in [-0.25, -0.2) is 0 Å². The van der Waals surface area contributed by atoms with E-state index in [-0.39, 0.29) is 11.9 Å². The molecule has 0 fully saturated rings. The van der Waals surface area contributed by atoms with Gasteiger partial charge in [0.15, 0.2) is 0 Å². The van der Waals surface area contributed by atoms with Crippen molar-refractivity contribution in [1.82, 2.24) is 5.32 Å². The van der Waals surface area contributed by atoms with Crippen LogP contribution in [0.3, 0.4) is 0 Å². The molecule has 4 nitrogen and oxygen atoms in total. The number of carbonyl (C=O) groups is 1. The van der Waals surface area contributed by atoms with Crippen LogP contribution in [0.2, 0.25) is 0 Å². The fraction of sp³-hybridized carbons (Fsp3) is 0.316. The second-order valence-corrected chi connectivity index (χ2v) is 6.66. The summed E-state index contributed by atoms with van der Waals surface area (Å²) in [5.41, 5.74) is 1.90. The molecule has 1 atom stereocenters. The highest BCUT2D eigenvalue weighted by Crippen LogP contribution is 2.20. The molecule has 128 valence electrons. The van der Waals surface area contributed by atoms with E-state index in [0.717, 1.165) is 16.2 Å². The van der Waals surface area contributed by atoms with E-state index < -0.39 is 0 Å². The molecule has 0 radical (unpaired) electrons. The van der Waals surface area contributed by atoms with Crippen molar-refractivity contribution in [1.29, 1.82) is 0 Å². The van der Waals surface area contributed by atoms with Gasteiger partial charge < -0.3 is 15.0 Å². The van der Waals surface area contributed by atoms with Crippen LogP contribution in [0, 0.1) is 0 Å². The van der Waals surface area contributed by atoms with Crippen molar-refractivity contribution in [3.63, 3.8) is 0 Å². The van der Waals surface area contributed by atoms with Crippen molar-refractivity contribution >= 4 is 17.7 Å². The second-order valence-electron chi connectivity index (χ2n) is 5.81. The monoisotopic (exact) mass is 345 g/mol. The van der Waals surface area contributed by atoms with E-state index in [4.69, 9.17) is 4.74 Å². The molecule has 0 saturated carbocycles. The summed E-state index contributed by atoms with van der Waals surface area (Å²) in [6.07, 6.45) is 1.98. The summed E-state index contributed by atoms with van der Waals surface area (Å²) in [5, 5.41) is 3.08. The molecular weight excluding hydrogens is 320 g/mol. The van der Waals surface area contributed by atoms with E-state index in [1.807, 2.05) is 42.7 Å². The lowest BCUT2D eigenvalue weighted by molar-refractivity contribution is -0.890. The van der Waals surface area contributed by atoms with Gasteiger partial charge in [0, 0.05) is 10.5 Å². The van der Waals surface area contributed by atoms with Gasteiger partial charge in [0.1, 0.15) is 11.8 Å². The molecule has 2 aromatic rings. The van der Waals surface area contributed by atoms with Crippen molar-refractivity contribution in [3.8, 4) is 5.75 Å². The molecule has 5 heteroatoms. The summed E-state index contributed by atoms with van der Waals surface area (Å²) in [7, 11) is 5.85. The van der Waals surface area contributed by atoms with Gasteiger partial charge in [-0.2, -0.15) is 0 Å². The second kappa shape index (κ2) is 8.76. The Morgan fingerprint density at radius 3 is 2.42 bits per heavy atom. The quantitative estimate of drug-likeness (QED) is 0.755. The Labute approximate surface area is 148 Å². The normalized spacial score (nSPS) is 12.0. The summed E-state index contributed by atoms with van der Waals surface area (Å²) in [5.74, 6) is 0.809. The summed E-state index contributed by atoms with van der Waals surface area (Å²) in [6, 6.07) is 15.9. The summed E-state index contributed by atoms with van der Waals surface area (Å²) in [6.45, 7) is 0.580. The molecule has 2 N–H and O–H groups in total. The largest absolute Gasteiger partial charge is 0.497 e. The van der Waals surface area contributed by atoms with E-state index in [2.05, 4.69) is 31.5 Å². The zero-order valence-electron chi connectivity index (χ0n) is 14.6. The number of quaternary nitrogens is 1. The average molecular weight is 345 g/mol. The van der Waals surface area contributed by atoms with Gasteiger partial charge in [-0.1, -0.05) is 12.1 Å². The highest BCUT2D eigenvalue weighted by Gasteiger charge is 2.20. The van der Waals surface area contributed by atoms with Gasteiger partial charge in [-0.3, -0.25) is 4.79 Å². The number of thioether (sulfide) groups is 1. The molecule has 0 aliphatic carbocycles. The van der Waals surface area contributed by atoms with Gasteiger partial charge in [0.25, 0.3) is 5.91 Å². The van der Waals surface area contributed by atoms with Crippen molar-refractivity contribution < 1.29 is 14.4 Å². The van der Waals surface area contributed by atoms with E-state index in [1.165, 1.54) is 10.5 Å². The minimum absolute atomic E-state index is 0.0280. The molecule has 0 aliphatic rings. The van der Waals surface area contributed by atoms with Crippen molar-refractivity contribution in [2.75, 3.05) is 34.0 Å². The zero-order valence-corrected chi connectivity index (χ0v) is 15.4. The molecule has 1 amide bonds. The van der Waals surface area contributed by atoms with Crippen molar-refractivity contribution in [2.45, 2.75) is 10.9 Å². The molecule has 0 heterocycles. The molecule has 0 spiro atoms. The Morgan fingerprint density at radius 2 is 1.83 bits per heavy atom. The molecule has 0 unspecified atom stereocenters. The SMILES string of the molecule is COc1ccc([C@@H](CNC(=O)c2ccccc2SC)[NH+](C)C)cc1. The number of methoxy groups -OCH3 is 1. The van der Waals surface area contributed by atoms with Crippen LogP contribution < -0.4 is 15.0 Å². The van der Waals surface area contributed by atoms with Gasteiger partial charge in [0.2, 0.25) is 0 Å². The fourth-order valence-electron chi connectivity index (χ4n) is 2.61. The van der Waals surface area contributed by atoms with Crippen LogP contribution >= 0.6 is 11.8 Å². The predicted molar refractivity (Wildman–Crippen MR) is 99.1 cm³/mol. The first-order valence-corrected chi connectivity index (χ1v) is 9.14. The lowest BCUT2D eigenvalue weighted by Crippen LogP contribution is -3.07. The Morgan fingerprint density at radius 1 is 1.17 bits per heavy atom. The number of hydrogen-bond donors (Lipinski definition) is 2. The van der Waals surface area contributed by atoms with Crippen molar-refractivity contribution in [3.05, 3.63) is 59.7 Å². The molecule has 2 rings (SSSR count). The van der Waals surface area contributed by atoms with Crippen LogP contribution in [0.1, 0.15) is 22.0 Å². The van der Waals surface area contributed by atoms with Crippen LogP contribution in [0.15, 0.2) is 53.4 Å². The maximum atomic E-state index is 12.5. The van der Waals surface area contributed by atoms with E-state index >= 15 is 0 Å². The van der Waals surface area contributed by atoms with Crippen LogP contribution in [0.5, 0.6) is 5.75 Å². The van der Waals surface area contributed by atoms with Crippen LogP contribution in [0.4, 0.5) is 0 Å². The third-order valence-corrected chi connectivity index (χ3v) is 4.83. The highest BCUT2D eigenvalue weighted by molar-refractivity contribution is 7.98. The Balaban J connectivity index is 2.09. The van der Waals surface area contributed by atoms with Crippen LogP contribution in [0.25, 0.3) is 0 Å². The minimum Gasteiger partial charge on any atom is -0.497 e. The first kappa shape index (κ1) is 18.4. The number of hydrogen-bond acceptors (Lipinski definition) is 3. The molecule has 0 bridgehead atoms. The van der Waals surface area contributed by atoms with Crippen molar-refractivity contribution in [2.24, 2.45) is 0 Å². The standard InChI is InChI=1S/C19H24N2O2S/c1-21(2)17(14-9-11-15(23-3)12-10-14)13-20-19(22)16-7-5-6-8-18(16)24-4/h5-12,17H,13H2,1-4H3,(H,20,22)/p+1/t17-/m1/s1. The summed E-state index contributed by atoms with van der Waals surface area (Å²) >= 11 is 1.58. The zero-order chi connectivity index (χ0) is 17.5. The number of benzene rings is 2. The first-order valence-electron chi connectivity index (χ1n) is 7.92. The number of ether oxygens (including phenoxy) is 1. The van der Waals surface area contributed by atoms with Crippen LogP contribution in [-0.2, 0) is 0 Å². The lowest BCUT2D eigenvalue weighted by Gasteiger charge is -2.22. The highest BCUT2D eigenvalue weighted by atomic mass is 32.2. The molecule has 0 aliphatic heterocycles. The van der Waals surface area contributed by atoms with Gasteiger partial charge >= 0.3 is 0 Å². The topological polar surface area (TPSA) is 42.8 Å². The Kier molecular flexibility index (Phi) is 6.70. The number of amides is 1. The van der Waals surface area contributed by atoms with Crippen LogP contribution in [-0.4, -0.2) is 39.9 Å². The Bertz CT molecular complexity index is 671. The number of carbonyl (C=O) groups excluding carboxylic acids is 1. The summed E-state index contributed by atoms with van der Waals surface area (Å²) < 4.78 is 5.21. The van der Waals surface area contributed by atoms with E-state index in [9.17, 15) is 4.79 Å². The van der Waals surface area contributed by atoms with Gasteiger partial charge in [0.05, 0.1) is 33.3 Å². The number of likely N-dealkylation sites (N-methyl/N-ethyl adjacent to an activating group) is 1. The number of rotatable bonds is 7. The fourth-order valence-corrected chi connectivity index (χ4v) is 3.21. The molecule has 0 aromatic heterocycles. The maximum Gasteiger partial charge on any atom is 0.252 e. The third-order valence-electron chi connectivity index (χ3n) is 4.03. The predicted octanol–water partition coefficient (Wildman–Crippen LogP) is 2.03. The Hall–Kier alpha value is -1.98. The van der Waals surface area contributed by atoms with Gasteiger partial charge in [-0.15, -0.1) is 11.8 Å². The molecule has 2 aromatic carbocycles. The third kappa shape index (κ3) is 4.52. The van der Waals surface area contributed by atoms with Gasteiger partial charge in [-0.05, 0) is 42.7 Å². The lowest BCUT2D eigenvalue weighted by atomic mass is 10.1. The molecule has 0 saturated heterocycles. The number of nitrogens with one attached hydrogen (secondary N) is 2. The van der Waals surface area contributed by atoms with E-state index in [1.54, 1.807) is 18.9 Å². The minimum atomic E-state index is -0.0280.